The van der Waals surface area contributed by atoms with E-state index in [1.807, 2.05) is 37.1 Å². The Morgan fingerprint density at radius 1 is 1.44 bits per heavy atom. The van der Waals surface area contributed by atoms with Crippen LogP contribution in [-0.2, 0) is 9.63 Å². The lowest BCUT2D eigenvalue weighted by molar-refractivity contribution is -0.133. The van der Waals surface area contributed by atoms with Crippen molar-refractivity contribution in [3.05, 3.63) is 46.6 Å². The van der Waals surface area contributed by atoms with Crippen LogP contribution in [0.2, 0.25) is 0 Å². The predicted octanol–water partition coefficient (Wildman–Crippen LogP) is 2.62. The molecule has 1 aliphatic heterocycles. The van der Waals surface area contributed by atoms with E-state index in [1.165, 1.54) is 0 Å². The van der Waals surface area contributed by atoms with Crippen LogP contribution in [0.25, 0.3) is 0 Å². The summed E-state index contributed by atoms with van der Waals surface area (Å²) in [6.07, 6.45) is 0.698. The summed E-state index contributed by atoms with van der Waals surface area (Å²) in [5.41, 5.74) is 2.08. The lowest BCUT2D eigenvalue weighted by Crippen LogP contribution is -2.22. The van der Waals surface area contributed by atoms with E-state index in [4.69, 9.17) is 4.84 Å². The van der Waals surface area contributed by atoms with Gasteiger partial charge < -0.3 is 5.32 Å². The normalized spacial score (nSPS) is 19.2. The van der Waals surface area contributed by atoms with Crippen LogP contribution in [0, 0.1) is 0 Å². The van der Waals surface area contributed by atoms with E-state index in [0.29, 0.717) is 13.0 Å². The molecule has 0 radical (unpaired) electrons. The molecule has 1 aliphatic rings. The number of nitrogens with zero attached hydrogens (tertiary/aromatic N) is 1. The Hall–Kier alpha value is -1.46. The van der Waals surface area contributed by atoms with Gasteiger partial charge in [0.1, 0.15) is 5.37 Å². The number of benzene rings is 1. The first kappa shape index (κ1) is 13.0. The fraction of sp³-hybridized carbons (Fsp3) is 0.308. The van der Waals surface area contributed by atoms with E-state index < -0.39 is 0 Å². The van der Waals surface area contributed by atoms with E-state index >= 15 is 0 Å². The van der Waals surface area contributed by atoms with E-state index in [9.17, 15) is 4.79 Å². The number of hydroxylamine groups is 2. The van der Waals surface area contributed by atoms with Crippen molar-refractivity contribution in [1.29, 1.82) is 0 Å². The molecule has 2 rings (SSSR count). The molecule has 4 nitrogen and oxygen atoms in total. The zero-order chi connectivity index (χ0) is 13.0. The molecule has 1 aromatic carbocycles. The third-order valence-electron chi connectivity index (χ3n) is 2.64. The summed E-state index contributed by atoms with van der Waals surface area (Å²) in [5, 5.41) is 5.47. The van der Waals surface area contributed by atoms with Crippen LogP contribution >= 0.6 is 11.8 Å². The molecule has 1 N–H and O–H groups in total. The molecule has 5 heteroatoms. The number of amides is 1. The molecular weight excluding hydrogens is 248 g/mol. The monoisotopic (exact) mass is 264 g/mol. The number of hydrogen-bond donors (Lipinski definition) is 1. The molecule has 18 heavy (non-hydrogen) atoms. The van der Waals surface area contributed by atoms with Crippen LogP contribution in [0.1, 0.15) is 24.8 Å². The fourth-order valence-electron chi connectivity index (χ4n) is 1.84. The van der Waals surface area contributed by atoms with Gasteiger partial charge in [-0.1, -0.05) is 42.1 Å². The molecule has 0 saturated carbocycles. The van der Waals surface area contributed by atoms with Crippen molar-refractivity contribution in [2.24, 2.45) is 0 Å². The second-order valence-corrected chi connectivity index (χ2v) is 4.89. The van der Waals surface area contributed by atoms with Crippen molar-refractivity contribution in [2.45, 2.75) is 19.2 Å². The molecule has 0 bridgehead atoms. The summed E-state index contributed by atoms with van der Waals surface area (Å²) in [4.78, 5) is 16.3. The van der Waals surface area contributed by atoms with Crippen LogP contribution in [0.4, 0.5) is 0 Å². The van der Waals surface area contributed by atoms with Crippen molar-refractivity contribution < 1.29 is 9.63 Å². The van der Waals surface area contributed by atoms with Crippen LogP contribution < -0.4 is 5.32 Å². The minimum Gasteiger partial charge on any atom is -0.322 e. The Kier molecular flexibility index (Phi) is 4.28. The first-order chi connectivity index (χ1) is 8.77. The van der Waals surface area contributed by atoms with E-state index in [0.717, 1.165) is 16.3 Å². The molecule has 0 aromatic heterocycles. The molecular formula is C13H16N2O2S. The average molecular weight is 264 g/mol. The SMILES string of the molecule is CCON1C(C)=C(NC=O)SC1c1ccccc1. The number of carbonyl (C=O) groups excluding carboxylic acids is 1. The summed E-state index contributed by atoms with van der Waals surface area (Å²) in [5.74, 6) is 0. The zero-order valence-corrected chi connectivity index (χ0v) is 11.2. The number of hydrogen-bond acceptors (Lipinski definition) is 4. The van der Waals surface area contributed by atoms with Gasteiger partial charge in [-0.25, -0.2) is 5.06 Å². The second-order valence-electron chi connectivity index (χ2n) is 3.80. The molecule has 0 aliphatic carbocycles. The molecule has 1 unspecified atom stereocenters. The summed E-state index contributed by atoms with van der Waals surface area (Å²) in [7, 11) is 0. The number of allylic oxidation sites excluding steroid dienone is 1. The van der Waals surface area contributed by atoms with Gasteiger partial charge in [-0.15, -0.1) is 0 Å². The van der Waals surface area contributed by atoms with Gasteiger partial charge >= 0.3 is 0 Å². The highest BCUT2D eigenvalue weighted by Gasteiger charge is 2.32. The third kappa shape index (κ3) is 2.52. The summed E-state index contributed by atoms with van der Waals surface area (Å²) in [6.45, 7) is 4.48. The topological polar surface area (TPSA) is 41.6 Å². The Labute approximate surface area is 111 Å². The first-order valence-electron chi connectivity index (χ1n) is 5.82. The molecule has 1 amide bonds. The average Bonchev–Trinajstić information content (AvgIpc) is 2.70. The highest BCUT2D eigenvalue weighted by Crippen LogP contribution is 2.46. The number of rotatable bonds is 5. The van der Waals surface area contributed by atoms with Gasteiger partial charge in [-0.05, 0) is 19.4 Å². The summed E-state index contributed by atoms with van der Waals surface area (Å²) in [6, 6.07) is 10.1. The molecule has 96 valence electrons. The second kappa shape index (κ2) is 5.93. The molecule has 1 aromatic rings. The highest BCUT2D eigenvalue weighted by molar-refractivity contribution is 8.03. The van der Waals surface area contributed by atoms with Gasteiger partial charge in [0, 0.05) is 0 Å². The predicted molar refractivity (Wildman–Crippen MR) is 72.1 cm³/mol. The minimum absolute atomic E-state index is 0.0496. The van der Waals surface area contributed by atoms with Crippen LogP contribution in [0.3, 0.4) is 0 Å². The van der Waals surface area contributed by atoms with Gasteiger partial charge in [0.05, 0.1) is 17.3 Å². The van der Waals surface area contributed by atoms with Gasteiger partial charge in [-0.2, -0.15) is 0 Å². The van der Waals surface area contributed by atoms with E-state index in [1.54, 1.807) is 11.8 Å². The van der Waals surface area contributed by atoms with Gasteiger partial charge in [0.25, 0.3) is 0 Å². The van der Waals surface area contributed by atoms with Gasteiger partial charge in [0.15, 0.2) is 0 Å². The fourth-order valence-corrected chi connectivity index (χ4v) is 3.05. The molecule has 0 fully saturated rings. The van der Waals surface area contributed by atoms with Crippen molar-refractivity contribution in [3.63, 3.8) is 0 Å². The van der Waals surface area contributed by atoms with Gasteiger partial charge in [-0.3, -0.25) is 9.63 Å². The number of carbonyl (C=O) groups is 1. The lowest BCUT2D eigenvalue weighted by atomic mass is 10.2. The number of thioether (sulfide) groups is 1. The van der Waals surface area contributed by atoms with E-state index in [-0.39, 0.29) is 5.37 Å². The maximum absolute atomic E-state index is 10.6. The molecule has 0 saturated heterocycles. The van der Waals surface area contributed by atoms with Crippen molar-refractivity contribution in [3.8, 4) is 0 Å². The zero-order valence-electron chi connectivity index (χ0n) is 10.4. The quantitative estimate of drug-likeness (QED) is 0.830. The summed E-state index contributed by atoms with van der Waals surface area (Å²) < 4.78 is 0. The van der Waals surface area contributed by atoms with Gasteiger partial charge in [0.2, 0.25) is 6.41 Å². The van der Waals surface area contributed by atoms with Crippen molar-refractivity contribution in [1.82, 2.24) is 10.4 Å². The lowest BCUT2D eigenvalue weighted by Gasteiger charge is -2.25. The van der Waals surface area contributed by atoms with E-state index in [2.05, 4.69) is 17.4 Å². The minimum atomic E-state index is 0.0496. The standard InChI is InChI=1S/C13H16N2O2S/c1-3-17-15-10(2)12(14-9-16)18-13(15)11-7-5-4-6-8-11/h4-9,13H,3H2,1-2H3,(H,14,16). The highest BCUT2D eigenvalue weighted by atomic mass is 32.2. The smallest absolute Gasteiger partial charge is 0.211 e. The summed E-state index contributed by atoms with van der Waals surface area (Å²) >= 11 is 1.58. The Bertz CT molecular complexity index is 448. The van der Waals surface area contributed by atoms with Crippen LogP contribution in [-0.4, -0.2) is 18.1 Å². The maximum Gasteiger partial charge on any atom is 0.211 e. The molecule has 1 heterocycles. The number of nitrogens with one attached hydrogen (secondary N) is 1. The largest absolute Gasteiger partial charge is 0.322 e. The van der Waals surface area contributed by atoms with Crippen molar-refractivity contribution in [2.75, 3.05) is 6.61 Å². The van der Waals surface area contributed by atoms with Crippen molar-refractivity contribution >= 4 is 18.2 Å². The Morgan fingerprint density at radius 2 is 2.17 bits per heavy atom. The maximum atomic E-state index is 10.6. The van der Waals surface area contributed by atoms with Crippen LogP contribution in [0.5, 0.6) is 0 Å². The Morgan fingerprint density at radius 3 is 2.78 bits per heavy atom. The first-order valence-corrected chi connectivity index (χ1v) is 6.70. The van der Waals surface area contributed by atoms with Crippen LogP contribution in [0.15, 0.2) is 41.1 Å². The Balaban J connectivity index is 2.25. The molecule has 1 atom stereocenters. The molecule has 0 spiro atoms. The third-order valence-corrected chi connectivity index (χ3v) is 3.98.